The Bertz CT molecular complexity index is 1330. The lowest BCUT2D eigenvalue weighted by molar-refractivity contribution is -0.150. The number of hydrogen-bond acceptors (Lipinski definition) is 5. The van der Waals surface area contributed by atoms with Crippen LogP contribution in [-0.4, -0.2) is 28.5 Å². The lowest BCUT2D eigenvalue weighted by Gasteiger charge is -2.17. The van der Waals surface area contributed by atoms with E-state index in [0.717, 1.165) is 23.1 Å². The van der Waals surface area contributed by atoms with Crippen LogP contribution in [0.5, 0.6) is 11.5 Å². The van der Waals surface area contributed by atoms with E-state index in [-0.39, 0.29) is 12.7 Å². The summed E-state index contributed by atoms with van der Waals surface area (Å²) in [5.74, 6) is 0.668. The van der Waals surface area contributed by atoms with Crippen LogP contribution in [0.15, 0.2) is 72.9 Å². The van der Waals surface area contributed by atoms with E-state index in [1.165, 1.54) is 12.1 Å². The fraction of sp³-hybridized carbons (Fsp3) is 0.259. The fourth-order valence-electron chi connectivity index (χ4n) is 3.71. The minimum atomic E-state index is -4.39. The molecule has 36 heavy (non-hydrogen) atoms. The summed E-state index contributed by atoms with van der Waals surface area (Å²) in [4.78, 5) is 11.7. The second kappa shape index (κ2) is 10.3. The van der Waals surface area contributed by atoms with Crippen LogP contribution < -0.4 is 9.47 Å². The van der Waals surface area contributed by atoms with Crippen molar-refractivity contribution in [1.29, 1.82) is 0 Å². The molecule has 2 atom stereocenters. The number of carbonyl (C=O) groups is 1. The van der Waals surface area contributed by atoms with E-state index in [1.54, 1.807) is 49.0 Å². The number of aromatic nitrogens is 2. The van der Waals surface area contributed by atoms with Crippen molar-refractivity contribution in [3.8, 4) is 17.2 Å². The van der Waals surface area contributed by atoms with Crippen LogP contribution in [0.3, 0.4) is 0 Å². The van der Waals surface area contributed by atoms with Gasteiger partial charge in [0.1, 0.15) is 17.6 Å². The number of halogens is 3. The van der Waals surface area contributed by atoms with Crippen LogP contribution in [0, 0.1) is 0 Å². The highest BCUT2D eigenvalue weighted by atomic mass is 19.4. The molecule has 4 aromatic rings. The van der Waals surface area contributed by atoms with Crippen molar-refractivity contribution in [1.82, 2.24) is 9.78 Å². The van der Waals surface area contributed by atoms with Gasteiger partial charge in [-0.1, -0.05) is 18.2 Å². The lowest BCUT2D eigenvalue weighted by Crippen LogP contribution is -2.26. The van der Waals surface area contributed by atoms with Crippen molar-refractivity contribution in [2.24, 2.45) is 0 Å². The molecule has 2 unspecified atom stereocenters. The first-order chi connectivity index (χ1) is 17.2. The Balaban J connectivity index is 1.49. The second-order valence-corrected chi connectivity index (χ2v) is 8.15. The Morgan fingerprint density at radius 3 is 2.19 bits per heavy atom. The molecule has 9 heteroatoms. The zero-order chi connectivity index (χ0) is 25.9. The van der Waals surface area contributed by atoms with Gasteiger partial charge < -0.3 is 14.2 Å². The van der Waals surface area contributed by atoms with Gasteiger partial charge in [-0.25, -0.2) is 9.48 Å². The monoisotopic (exact) mass is 498 g/mol. The van der Waals surface area contributed by atoms with Crippen LogP contribution in [0.1, 0.15) is 38.0 Å². The van der Waals surface area contributed by atoms with Crippen LogP contribution in [0.25, 0.3) is 16.6 Å². The Kier molecular flexibility index (Phi) is 7.19. The number of rotatable bonds is 8. The quantitative estimate of drug-likeness (QED) is 0.259. The number of alkyl halides is 3. The number of ether oxygens (including phenoxy) is 3. The van der Waals surface area contributed by atoms with Crippen LogP contribution >= 0.6 is 0 Å². The van der Waals surface area contributed by atoms with E-state index in [9.17, 15) is 18.0 Å². The van der Waals surface area contributed by atoms with Crippen molar-refractivity contribution in [3.05, 3.63) is 84.1 Å². The average Bonchev–Trinajstić information content (AvgIpc) is 3.29. The molecule has 0 bridgehead atoms. The minimum absolute atomic E-state index is 0.284. The SMILES string of the molecule is CCOC(=O)C(C)Oc1ccc(OC(C)c2cccc3cn(-c4ccc(C(F)(F)F)cc4)nc23)cc1. The Hall–Kier alpha value is -4.01. The Morgan fingerprint density at radius 1 is 0.944 bits per heavy atom. The standard InChI is InChI=1S/C27H25F3N2O4/c1-4-34-26(33)18(3)36-23-14-12-22(13-15-23)35-17(2)24-7-5-6-19-16-32(31-25(19)24)21-10-8-20(9-11-21)27(28,29)30/h5-18H,4H2,1-3H3. The highest BCUT2D eigenvalue weighted by molar-refractivity contribution is 5.82. The summed E-state index contributed by atoms with van der Waals surface area (Å²) < 4.78 is 56.9. The van der Waals surface area contributed by atoms with Crippen LogP contribution in [-0.2, 0) is 15.7 Å². The number of carbonyl (C=O) groups excluding carboxylic acids is 1. The molecule has 0 aliphatic rings. The molecule has 6 nitrogen and oxygen atoms in total. The third kappa shape index (κ3) is 5.62. The molecule has 188 valence electrons. The maximum atomic E-state index is 12.9. The zero-order valence-electron chi connectivity index (χ0n) is 20.0. The predicted molar refractivity (Wildman–Crippen MR) is 128 cm³/mol. The predicted octanol–water partition coefficient (Wildman–Crippen LogP) is 6.51. The number of nitrogens with zero attached hydrogens (tertiary/aromatic N) is 2. The largest absolute Gasteiger partial charge is 0.486 e. The number of fused-ring (bicyclic) bond motifs is 1. The molecule has 0 amide bonds. The van der Waals surface area contributed by atoms with Crippen LogP contribution in [0.2, 0.25) is 0 Å². The van der Waals surface area contributed by atoms with E-state index in [0.29, 0.717) is 22.7 Å². The Labute approximate surface area is 206 Å². The van der Waals surface area contributed by atoms with Gasteiger partial charge in [0, 0.05) is 17.1 Å². The highest BCUT2D eigenvalue weighted by Crippen LogP contribution is 2.31. The number of hydrogen-bond donors (Lipinski definition) is 0. The van der Waals surface area contributed by atoms with Crippen molar-refractivity contribution in [2.45, 2.75) is 39.2 Å². The molecule has 0 aliphatic carbocycles. The summed E-state index contributed by atoms with van der Waals surface area (Å²) >= 11 is 0. The van der Waals surface area contributed by atoms with E-state index in [1.807, 2.05) is 25.1 Å². The summed E-state index contributed by atoms with van der Waals surface area (Å²) in [5.41, 5.74) is 1.33. The zero-order valence-corrected chi connectivity index (χ0v) is 20.0. The molecule has 3 aromatic carbocycles. The number of benzene rings is 3. The van der Waals surface area contributed by atoms with E-state index >= 15 is 0 Å². The molecule has 0 saturated carbocycles. The fourth-order valence-corrected chi connectivity index (χ4v) is 3.71. The van der Waals surface area contributed by atoms with Gasteiger partial charge in [0.05, 0.1) is 23.4 Å². The molecular formula is C27H25F3N2O4. The molecule has 1 heterocycles. The van der Waals surface area contributed by atoms with Gasteiger partial charge in [-0.2, -0.15) is 18.3 Å². The molecule has 0 N–H and O–H groups in total. The molecule has 0 spiro atoms. The third-order valence-electron chi connectivity index (χ3n) is 5.53. The molecule has 4 rings (SSSR count). The molecule has 1 aromatic heterocycles. The first-order valence-corrected chi connectivity index (χ1v) is 11.4. The van der Waals surface area contributed by atoms with Crippen molar-refractivity contribution < 1.29 is 32.2 Å². The second-order valence-electron chi connectivity index (χ2n) is 8.15. The summed E-state index contributed by atoms with van der Waals surface area (Å²) in [6.07, 6.45) is -3.72. The summed E-state index contributed by atoms with van der Waals surface area (Å²) in [6.45, 7) is 5.53. The van der Waals surface area contributed by atoms with E-state index in [4.69, 9.17) is 14.2 Å². The molecule has 0 aliphatic heterocycles. The van der Waals surface area contributed by atoms with Crippen molar-refractivity contribution in [3.63, 3.8) is 0 Å². The summed E-state index contributed by atoms with van der Waals surface area (Å²) in [7, 11) is 0. The number of esters is 1. The van der Waals surface area contributed by atoms with Gasteiger partial charge in [0.25, 0.3) is 0 Å². The normalized spacial score (nSPS) is 13.3. The van der Waals surface area contributed by atoms with Gasteiger partial charge >= 0.3 is 12.1 Å². The Morgan fingerprint density at radius 2 is 1.58 bits per heavy atom. The molecule has 0 fully saturated rings. The highest BCUT2D eigenvalue weighted by Gasteiger charge is 2.30. The lowest BCUT2D eigenvalue weighted by atomic mass is 10.1. The smallest absolute Gasteiger partial charge is 0.416 e. The summed E-state index contributed by atoms with van der Waals surface area (Å²) in [5, 5.41) is 5.44. The van der Waals surface area contributed by atoms with Crippen molar-refractivity contribution >= 4 is 16.9 Å². The molecule has 0 saturated heterocycles. The molecular weight excluding hydrogens is 473 g/mol. The van der Waals surface area contributed by atoms with Gasteiger partial charge in [-0.05, 0) is 69.3 Å². The van der Waals surface area contributed by atoms with Gasteiger partial charge in [0.2, 0.25) is 0 Å². The summed E-state index contributed by atoms with van der Waals surface area (Å²) in [6, 6.07) is 17.4. The van der Waals surface area contributed by atoms with Gasteiger partial charge in [0.15, 0.2) is 6.10 Å². The first-order valence-electron chi connectivity index (χ1n) is 11.4. The maximum Gasteiger partial charge on any atom is 0.416 e. The van der Waals surface area contributed by atoms with E-state index < -0.39 is 23.8 Å². The molecule has 0 radical (unpaired) electrons. The van der Waals surface area contributed by atoms with Gasteiger partial charge in [-0.15, -0.1) is 0 Å². The third-order valence-corrected chi connectivity index (χ3v) is 5.53. The average molecular weight is 499 g/mol. The maximum absolute atomic E-state index is 12.9. The van der Waals surface area contributed by atoms with Crippen molar-refractivity contribution in [2.75, 3.05) is 6.61 Å². The first kappa shape index (κ1) is 25.1. The topological polar surface area (TPSA) is 62.6 Å². The minimum Gasteiger partial charge on any atom is -0.486 e. The van der Waals surface area contributed by atoms with Gasteiger partial charge in [-0.3, -0.25) is 0 Å². The van der Waals surface area contributed by atoms with Crippen LogP contribution in [0.4, 0.5) is 13.2 Å². The van der Waals surface area contributed by atoms with E-state index in [2.05, 4.69) is 5.10 Å².